The van der Waals surface area contributed by atoms with Crippen molar-refractivity contribution < 1.29 is 9.32 Å². The molecule has 6 heteroatoms. The van der Waals surface area contributed by atoms with E-state index < -0.39 is 0 Å². The Balaban J connectivity index is 1.68. The summed E-state index contributed by atoms with van der Waals surface area (Å²) in [5.41, 5.74) is 3.35. The number of hydrogen-bond donors (Lipinski definition) is 2. The monoisotopic (exact) mass is 379 g/mol. The molecule has 2 aromatic heterocycles. The summed E-state index contributed by atoms with van der Waals surface area (Å²) in [4.78, 5) is 15.7. The van der Waals surface area contributed by atoms with Gasteiger partial charge >= 0.3 is 0 Å². The molecule has 0 fully saturated rings. The normalized spacial score (nSPS) is 12.2. The molecule has 27 heavy (non-hydrogen) atoms. The highest BCUT2D eigenvalue weighted by Gasteiger charge is 2.22. The fraction of sp³-hybridized carbons (Fsp3) is 0.143. The molecule has 0 radical (unpaired) electrons. The number of halogens is 1. The zero-order valence-electron chi connectivity index (χ0n) is 14.7. The first kappa shape index (κ1) is 17.4. The van der Waals surface area contributed by atoms with Crippen molar-refractivity contribution in [1.29, 1.82) is 0 Å². The van der Waals surface area contributed by atoms with Gasteiger partial charge in [0.25, 0.3) is 5.91 Å². The molecule has 2 aromatic carbocycles. The zero-order valence-corrected chi connectivity index (χ0v) is 15.5. The van der Waals surface area contributed by atoms with Crippen LogP contribution in [-0.4, -0.2) is 22.6 Å². The lowest BCUT2D eigenvalue weighted by atomic mass is 9.90. The second-order valence-corrected chi connectivity index (χ2v) is 6.80. The number of benzene rings is 2. The molecule has 4 rings (SSSR count). The molecule has 0 spiro atoms. The third-order valence-electron chi connectivity index (χ3n) is 4.60. The van der Waals surface area contributed by atoms with Crippen molar-refractivity contribution >= 4 is 28.4 Å². The first-order chi connectivity index (χ1) is 13.1. The van der Waals surface area contributed by atoms with E-state index in [1.54, 1.807) is 13.0 Å². The summed E-state index contributed by atoms with van der Waals surface area (Å²) < 4.78 is 4.99. The van der Waals surface area contributed by atoms with E-state index in [9.17, 15) is 4.79 Å². The number of aryl methyl sites for hydroxylation is 1. The number of carbonyl (C=O) groups is 1. The molecule has 2 heterocycles. The lowest BCUT2D eigenvalue weighted by molar-refractivity contribution is 0.0943. The molecular weight excluding hydrogens is 362 g/mol. The maximum absolute atomic E-state index is 12.4. The highest BCUT2D eigenvalue weighted by atomic mass is 35.5. The Morgan fingerprint density at radius 1 is 1.19 bits per heavy atom. The Bertz CT molecular complexity index is 1100. The average Bonchev–Trinajstić information content (AvgIpc) is 3.30. The molecular formula is C21H18ClN3O2. The number of aromatic amines is 1. The van der Waals surface area contributed by atoms with Crippen molar-refractivity contribution in [1.82, 2.24) is 15.5 Å². The van der Waals surface area contributed by atoms with Crippen molar-refractivity contribution in [3.05, 3.63) is 88.4 Å². The summed E-state index contributed by atoms with van der Waals surface area (Å²) >= 11 is 6.47. The Kier molecular flexibility index (Phi) is 4.69. The van der Waals surface area contributed by atoms with E-state index in [0.29, 0.717) is 17.3 Å². The molecule has 5 nitrogen and oxygen atoms in total. The molecule has 0 aliphatic heterocycles. The predicted octanol–water partition coefficient (Wildman–Crippen LogP) is 4.68. The van der Waals surface area contributed by atoms with Crippen LogP contribution in [0.5, 0.6) is 0 Å². The fourth-order valence-corrected chi connectivity index (χ4v) is 3.55. The standard InChI is InChI=1S/C21H18ClN3O2/c1-13-10-20(25-27-13)21(26)24-12-16(14-6-2-4-8-18(14)22)17-11-23-19-9-5-3-7-15(17)19/h2-11,16,23H,12H2,1H3,(H,24,26)/t16-/m0/s1. The van der Waals surface area contributed by atoms with E-state index >= 15 is 0 Å². The third kappa shape index (κ3) is 3.46. The number of carbonyl (C=O) groups excluding carboxylic acids is 1. The fourth-order valence-electron chi connectivity index (χ4n) is 3.29. The van der Waals surface area contributed by atoms with Gasteiger partial charge in [-0.2, -0.15) is 0 Å². The molecule has 0 aliphatic rings. The molecule has 2 N–H and O–H groups in total. The lowest BCUT2D eigenvalue weighted by Gasteiger charge is -2.19. The molecule has 1 atom stereocenters. The zero-order chi connectivity index (χ0) is 18.8. The van der Waals surface area contributed by atoms with E-state index in [0.717, 1.165) is 22.0 Å². The summed E-state index contributed by atoms with van der Waals surface area (Å²) in [5, 5.41) is 8.51. The summed E-state index contributed by atoms with van der Waals surface area (Å²) in [5.74, 6) is 0.218. The van der Waals surface area contributed by atoms with Gasteiger partial charge in [-0.15, -0.1) is 0 Å². The number of para-hydroxylation sites is 1. The number of nitrogens with zero attached hydrogens (tertiary/aromatic N) is 1. The summed E-state index contributed by atoms with van der Waals surface area (Å²) in [7, 11) is 0. The Labute approximate surface area is 161 Å². The van der Waals surface area contributed by atoms with Gasteiger partial charge in [0.15, 0.2) is 5.69 Å². The lowest BCUT2D eigenvalue weighted by Crippen LogP contribution is -2.29. The van der Waals surface area contributed by atoms with Gasteiger partial charge in [0.1, 0.15) is 5.76 Å². The first-order valence-corrected chi connectivity index (χ1v) is 9.03. The molecule has 0 unspecified atom stereocenters. The predicted molar refractivity (Wildman–Crippen MR) is 105 cm³/mol. The van der Waals surface area contributed by atoms with Crippen molar-refractivity contribution in [2.24, 2.45) is 0 Å². The van der Waals surface area contributed by atoms with Gasteiger partial charge in [-0.3, -0.25) is 4.79 Å². The van der Waals surface area contributed by atoms with E-state index in [1.165, 1.54) is 0 Å². The summed E-state index contributed by atoms with van der Waals surface area (Å²) in [6.07, 6.45) is 1.98. The molecule has 0 saturated carbocycles. The Hall–Kier alpha value is -3.05. The SMILES string of the molecule is Cc1cc(C(=O)NC[C@@H](c2ccccc2Cl)c2c[nH]c3ccccc23)no1. The van der Waals surface area contributed by atoms with Gasteiger partial charge in [0.2, 0.25) is 0 Å². The second kappa shape index (κ2) is 7.29. The highest BCUT2D eigenvalue weighted by molar-refractivity contribution is 6.31. The number of amides is 1. The minimum absolute atomic E-state index is 0.105. The first-order valence-electron chi connectivity index (χ1n) is 8.65. The van der Waals surface area contributed by atoms with Crippen LogP contribution in [0, 0.1) is 6.92 Å². The molecule has 0 aliphatic carbocycles. The summed E-state index contributed by atoms with van der Waals surface area (Å²) in [6, 6.07) is 17.4. The molecule has 136 valence electrons. The Morgan fingerprint density at radius 3 is 2.74 bits per heavy atom. The largest absolute Gasteiger partial charge is 0.361 e. The molecule has 1 amide bonds. The van der Waals surface area contributed by atoms with Gasteiger partial charge < -0.3 is 14.8 Å². The topological polar surface area (TPSA) is 70.9 Å². The second-order valence-electron chi connectivity index (χ2n) is 6.40. The van der Waals surface area contributed by atoms with Gasteiger partial charge in [0.05, 0.1) is 0 Å². The average molecular weight is 380 g/mol. The third-order valence-corrected chi connectivity index (χ3v) is 4.95. The minimum Gasteiger partial charge on any atom is -0.361 e. The van der Waals surface area contributed by atoms with E-state index in [4.69, 9.17) is 16.1 Å². The van der Waals surface area contributed by atoms with Crippen LogP contribution >= 0.6 is 11.6 Å². The van der Waals surface area contributed by atoms with Crippen molar-refractivity contribution in [2.45, 2.75) is 12.8 Å². The molecule has 4 aromatic rings. The van der Waals surface area contributed by atoms with Gasteiger partial charge in [-0.05, 0) is 30.2 Å². The van der Waals surface area contributed by atoms with E-state index in [2.05, 4.69) is 21.5 Å². The van der Waals surface area contributed by atoms with Crippen LogP contribution in [0.1, 0.15) is 33.3 Å². The number of fused-ring (bicyclic) bond motifs is 1. The smallest absolute Gasteiger partial charge is 0.273 e. The molecule has 0 saturated heterocycles. The quantitative estimate of drug-likeness (QED) is 0.529. The van der Waals surface area contributed by atoms with E-state index in [1.807, 2.05) is 48.7 Å². The maximum atomic E-state index is 12.4. The van der Waals surface area contributed by atoms with Crippen LogP contribution < -0.4 is 5.32 Å². The Morgan fingerprint density at radius 2 is 1.96 bits per heavy atom. The van der Waals surface area contributed by atoms with Crippen LogP contribution in [0.3, 0.4) is 0 Å². The number of hydrogen-bond acceptors (Lipinski definition) is 3. The van der Waals surface area contributed by atoms with Crippen LogP contribution in [0.15, 0.2) is 65.3 Å². The van der Waals surface area contributed by atoms with Crippen LogP contribution in [0.4, 0.5) is 0 Å². The van der Waals surface area contributed by atoms with Crippen LogP contribution in [0.25, 0.3) is 10.9 Å². The number of H-pyrrole nitrogens is 1. The highest BCUT2D eigenvalue weighted by Crippen LogP contribution is 2.34. The van der Waals surface area contributed by atoms with Crippen LogP contribution in [0.2, 0.25) is 5.02 Å². The minimum atomic E-state index is -0.274. The van der Waals surface area contributed by atoms with Crippen molar-refractivity contribution in [2.75, 3.05) is 6.54 Å². The van der Waals surface area contributed by atoms with Crippen molar-refractivity contribution in [3.63, 3.8) is 0 Å². The van der Waals surface area contributed by atoms with E-state index in [-0.39, 0.29) is 17.5 Å². The van der Waals surface area contributed by atoms with Gasteiger partial charge in [-0.1, -0.05) is 53.2 Å². The number of nitrogens with one attached hydrogen (secondary N) is 2. The number of aromatic nitrogens is 2. The van der Waals surface area contributed by atoms with Gasteiger partial charge in [0, 0.05) is 40.7 Å². The molecule has 0 bridgehead atoms. The van der Waals surface area contributed by atoms with Crippen LogP contribution in [-0.2, 0) is 0 Å². The number of rotatable bonds is 5. The van der Waals surface area contributed by atoms with Crippen molar-refractivity contribution in [3.8, 4) is 0 Å². The van der Waals surface area contributed by atoms with Gasteiger partial charge in [-0.25, -0.2) is 0 Å². The summed E-state index contributed by atoms with van der Waals surface area (Å²) in [6.45, 7) is 2.14. The maximum Gasteiger partial charge on any atom is 0.273 e.